The molecule has 0 unspecified atom stereocenters. The second-order valence-corrected chi connectivity index (χ2v) is 6.39. The fourth-order valence-electron chi connectivity index (χ4n) is 2.76. The molecule has 0 bridgehead atoms. The van der Waals surface area contributed by atoms with Crippen LogP contribution in [0.1, 0.15) is 0 Å². The molecule has 2 aromatic rings. The van der Waals surface area contributed by atoms with Crippen molar-refractivity contribution >= 4 is 43.9 Å². The summed E-state index contributed by atoms with van der Waals surface area (Å²) in [6.07, 6.45) is 0. The molecule has 0 saturated carbocycles. The molecule has 0 N–H and O–H groups in total. The Morgan fingerprint density at radius 1 is 1.10 bits per heavy atom. The van der Waals surface area contributed by atoms with Gasteiger partial charge in [-0.2, -0.15) is 0 Å². The molecule has 0 saturated heterocycles. The van der Waals surface area contributed by atoms with Crippen molar-refractivity contribution in [3.8, 4) is 22.1 Å². The van der Waals surface area contributed by atoms with Crippen LogP contribution in [-0.4, -0.2) is 11.8 Å². The van der Waals surface area contributed by atoms with Crippen LogP contribution in [0.2, 0.25) is 5.02 Å². The summed E-state index contributed by atoms with van der Waals surface area (Å²) >= 11 is 7.99. The average molecular weight is 314 g/mol. The Hall–Kier alpha value is -2.04. The van der Waals surface area contributed by atoms with Gasteiger partial charge in [-0.25, -0.2) is 4.98 Å². The number of benzene rings is 2. The first-order valence-electron chi connectivity index (χ1n) is 6.51. The van der Waals surface area contributed by atoms with Crippen molar-refractivity contribution in [2.75, 3.05) is 6.79 Å². The van der Waals surface area contributed by atoms with Crippen LogP contribution in [0, 0.1) is 0 Å². The lowest BCUT2D eigenvalue weighted by atomic mass is 10.1. The van der Waals surface area contributed by atoms with Crippen molar-refractivity contribution in [2.24, 2.45) is 0 Å². The minimum absolute atomic E-state index is 0.287. The number of aromatic nitrogens is 1. The van der Waals surface area contributed by atoms with Crippen molar-refractivity contribution in [3.63, 3.8) is 0 Å². The Bertz CT molecular complexity index is 995. The number of fused-ring (bicyclic) bond motifs is 5. The first-order valence-corrected chi connectivity index (χ1v) is 7.70. The highest BCUT2D eigenvalue weighted by molar-refractivity contribution is 7.21. The van der Waals surface area contributed by atoms with E-state index in [-0.39, 0.29) is 6.79 Å². The van der Waals surface area contributed by atoms with Crippen molar-refractivity contribution < 1.29 is 9.47 Å². The molecule has 5 rings (SSSR count). The van der Waals surface area contributed by atoms with Gasteiger partial charge in [0.05, 0.1) is 10.5 Å². The summed E-state index contributed by atoms with van der Waals surface area (Å²) in [4.78, 5) is 4.68. The molecule has 102 valence electrons. The molecule has 3 nitrogen and oxygen atoms in total. The number of hydrogen-bond acceptors (Lipinski definition) is 4. The van der Waals surface area contributed by atoms with Crippen LogP contribution in [0.15, 0.2) is 36.4 Å². The summed E-state index contributed by atoms with van der Waals surface area (Å²) in [5.41, 5.74) is 2.02. The second-order valence-electron chi connectivity index (χ2n) is 4.95. The largest absolute Gasteiger partial charge is 0.454 e. The Morgan fingerprint density at radius 3 is 2.86 bits per heavy atom. The van der Waals surface area contributed by atoms with Crippen LogP contribution >= 0.6 is 22.9 Å². The molecule has 2 aromatic carbocycles. The lowest BCUT2D eigenvalue weighted by Gasteiger charge is -2.04. The second kappa shape index (κ2) is 4.00. The third-order valence-corrected chi connectivity index (χ3v) is 5.12. The van der Waals surface area contributed by atoms with Crippen molar-refractivity contribution in [1.29, 1.82) is 0 Å². The Morgan fingerprint density at radius 2 is 1.95 bits per heavy atom. The van der Waals surface area contributed by atoms with E-state index in [0.717, 1.165) is 48.1 Å². The van der Waals surface area contributed by atoms with Gasteiger partial charge in [0.1, 0.15) is 5.01 Å². The van der Waals surface area contributed by atoms with E-state index in [4.69, 9.17) is 21.1 Å². The lowest BCUT2D eigenvalue weighted by Crippen LogP contribution is -1.92. The van der Waals surface area contributed by atoms with Crippen LogP contribution in [-0.2, 0) is 0 Å². The molecule has 0 spiro atoms. The predicted molar refractivity (Wildman–Crippen MR) is 84.9 cm³/mol. The maximum absolute atomic E-state index is 6.34. The fraction of sp³-hybridized carbons (Fsp3) is 0.0625. The number of hydrogen-bond donors (Lipinski definition) is 0. The van der Waals surface area contributed by atoms with Crippen LogP contribution in [0.3, 0.4) is 0 Å². The van der Waals surface area contributed by atoms with Crippen LogP contribution in [0.4, 0.5) is 0 Å². The van der Waals surface area contributed by atoms with Gasteiger partial charge >= 0.3 is 0 Å². The van der Waals surface area contributed by atoms with E-state index in [9.17, 15) is 0 Å². The summed E-state index contributed by atoms with van der Waals surface area (Å²) in [6.45, 7) is 0.287. The SMILES string of the molecule is Clc1cccc2nc3sc4cc5c(cc4cc-3c12)OCO5. The first-order chi connectivity index (χ1) is 10.3. The van der Waals surface area contributed by atoms with E-state index in [1.807, 2.05) is 30.3 Å². The maximum Gasteiger partial charge on any atom is 0.231 e. The third-order valence-electron chi connectivity index (χ3n) is 3.72. The number of halogens is 1. The molecular weight excluding hydrogens is 306 g/mol. The van der Waals surface area contributed by atoms with Crippen molar-refractivity contribution in [2.45, 2.75) is 0 Å². The van der Waals surface area contributed by atoms with Gasteiger partial charge in [0, 0.05) is 21.7 Å². The minimum Gasteiger partial charge on any atom is -0.454 e. The van der Waals surface area contributed by atoms with Gasteiger partial charge in [0.25, 0.3) is 0 Å². The third kappa shape index (κ3) is 1.57. The maximum atomic E-state index is 6.34. The number of rotatable bonds is 0. The zero-order valence-corrected chi connectivity index (χ0v) is 12.3. The molecule has 21 heavy (non-hydrogen) atoms. The van der Waals surface area contributed by atoms with Crippen LogP contribution in [0.25, 0.3) is 31.6 Å². The van der Waals surface area contributed by atoms with E-state index in [2.05, 4.69) is 11.1 Å². The highest BCUT2D eigenvalue weighted by atomic mass is 35.5. The normalized spacial score (nSPS) is 13.6. The van der Waals surface area contributed by atoms with Crippen LogP contribution in [0.5, 0.6) is 11.5 Å². The van der Waals surface area contributed by atoms with Crippen LogP contribution < -0.4 is 9.47 Å². The first kappa shape index (κ1) is 11.6. The number of nitrogens with zero attached hydrogens (tertiary/aromatic N) is 1. The van der Waals surface area contributed by atoms with Gasteiger partial charge in [-0.05, 0) is 29.7 Å². The molecule has 3 aliphatic heterocycles. The molecule has 0 fully saturated rings. The summed E-state index contributed by atoms with van der Waals surface area (Å²) < 4.78 is 12.0. The average Bonchev–Trinajstić information content (AvgIpc) is 3.06. The van der Waals surface area contributed by atoms with E-state index >= 15 is 0 Å². The quantitative estimate of drug-likeness (QED) is 0.461. The van der Waals surface area contributed by atoms with E-state index in [1.165, 1.54) is 0 Å². The Balaban J connectivity index is 1.93. The van der Waals surface area contributed by atoms with E-state index in [0.29, 0.717) is 0 Å². The standard InChI is InChI=1S/C16H8ClNO2S/c17-10-2-1-3-11-15(10)9-4-8-5-12-13(20-7-19-12)6-14(8)21-16(9)18-11/h1-6H,7H2. The predicted octanol–water partition coefficient (Wildman–Crippen LogP) is 4.94. The zero-order chi connectivity index (χ0) is 14.0. The molecule has 0 radical (unpaired) electrons. The molecule has 0 atom stereocenters. The summed E-state index contributed by atoms with van der Waals surface area (Å²) in [5, 5.41) is 3.86. The Labute approximate surface area is 129 Å². The molecule has 3 aliphatic rings. The van der Waals surface area contributed by atoms with Gasteiger partial charge in [0.15, 0.2) is 11.5 Å². The van der Waals surface area contributed by atoms with Gasteiger partial charge < -0.3 is 9.47 Å². The van der Waals surface area contributed by atoms with Gasteiger partial charge in [-0.15, -0.1) is 11.3 Å². The molecule has 0 amide bonds. The fourth-order valence-corrected chi connectivity index (χ4v) is 4.06. The monoisotopic (exact) mass is 313 g/mol. The summed E-state index contributed by atoms with van der Waals surface area (Å²) in [5.74, 6) is 1.59. The summed E-state index contributed by atoms with van der Waals surface area (Å²) in [6, 6.07) is 12.0. The zero-order valence-electron chi connectivity index (χ0n) is 10.7. The smallest absolute Gasteiger partial charge is 0.231 e. The Kier molecular flexibility index (Phi) is 2.21. The van der Waals surface area contributed by atoms with Gasteiger partial charge in [0.2, 0.25) is 6.79 Å². The molecule has 0 aromatic heterocycles. The van der Waals surface area contributed by atoms with Crippen molar-refractivity contribution in [1.82, 2.24) is 4.98 Å². The van der Waals surface area contributed by atoms with E-state index < -0.39 is 0 Å². The molecular formula is C16H8ClNO2S. The summed E-state index contributed by atoms with van der Waals surface area (Å²) in [7, 11) is 0. The number of ether oxygens (including phenoxy) is 2. The highest BCUT2D eigenvalue weighted by Crippen LogP contribution is 2.44. The molecule has 5 heteroatoms. The minimum atomic E-state index is 0.287. The molecule has 3 heterocycles. The highest BCUT2D eigenvalue weighted by Gasteiger charge is 2.19. The lowest BCUT2D eigenvalue weighted by molar-refractivity contribution is 0.174. The van der Waals surface area contributed by atoms with Gasteiger partial charge in [-0.1, -0.05) is 17.7 Å². The molecule has 0 aliphatic carbocycles. The topological polar surface area (TPSA) is 31.4 Å². The van der Waals surface area contributed by atoms with E-state index in [1.54, 1.807) is 11.3 Å². The van der Waals surface area contributed by atoms with Gasteiger partial charge in [-0.3, -0.25) is 0 Å². The van der Waals surface area contributed by atoms with Crippen molar-refractivity contribution in [3.05, 3.63) is 41.4 Å².